The number of benzene rings is 2. The van der Waals surface area contributed by atoms with Gasteiger partial charge in [-0.05, 0) is 24.3 Å². The lowest BCUT2D eigenvalue weighted by molar-refractivity contribution is -0.117. The van der Waals surface area contributed by atoms with Gasteiger partial charge in [-0.25, -0.2) is 4.39 Å². The number of H-pyrrole nitrogens is 1. The number of aromatic nitrogens is 1. The summed E-state index contributed by atoms with van der Waals surface area (Å²) in [6.07, 6.45) is 0.504. The van der Waals surface area contributed by atoms with Crippen molar-refractivity contribution in [3.8, 4) is 11.5 Å². The molecular weight excluding hydrogens is 425 g/mol. The van der Waals surface area contributed by atoms with E-state index in [0.29, 0.717) is 61.2 Å². The van der Waals surface area contributed by atoms with Gasteiger partial charge in [-0.3, -0.25) is 14.5 Å². The van der Waals surface area contributed by atoms with Gasteiger partial charge in [0.15, 0.2) is 22.7 Å². The molecule has 0 saturated carbocycles. The minimum Gasteiger partial charge on any atom is -0.486 e. The van der Waals surface area contributed by atoms with Crippen molar-refractivity contribution in [2.75, 3.05) is 31.6 Å². The Hall–Kier alpha value is -3.10. The van der Waals surface area contributed by atoms with Gasteiger partial charge in [0, 0.05) is 47.9 Å². The lowest BCUT2D eigenvalue weighted by atomic mass is 10.0. The Morgan fingerprint density at radius 2 is 2.00 bits per heavy atom. The third-order valence-electron chi connectivity index (χ3n) is 5.51. The minimum atomic E-state index is -0.625. The number of amides is 1. The first-order chi connectivity index (χ1) is 15.0. The van der Waals surface area contributed by atoms with Gasteiger partial charge in [0.25, 0.3) is 0 Å². The summed E-state index contributed by atoms with van der Waals surface area (Å²) in [5.74, 6) is 0.429. The average Bonchev–Trinajstić information content (AvgIpc) is 2.77. The molecule has 0 unspecified atom stereocenters. The Balaban J connectivity index is 1.32. The van der Waals surface area contributed by atoms with Gasteiger partial charge in [-0.1, -0.05) is 11.6 Å². The van der Waals surface area contributed by atoms with Gasteiger partial charge in [-0.2, -0.15) is 0 Å². The van der Waals surface area contributed by atoms with Crippen molar-refractivity contribution in [3.05, 3.63) is 62.7 Å². The number of pyridine rings is 1. The maximum Gasteiger partial charge on any atom is 0.238 e. The van der Waals surface area contributed by atoms with Crippen molar-refractivity contribution >= 4 is 34.1 Å². The summed E-state index contributed by atoms with van der Waals surface area (Å²) >= 11 is 5.84. The fraction of sp³-hybridized carbons (Fsp3) is 0.273. The van der Waals surface area contributed by atoms with E-state index >= 15 is 0 Å². The van der Waals surface area contributed by atoms with E-state index in [2.05, 4.69) is 10.3 Å². The van der Waals surface area contributed by atoms with Gasteiger partial charge in [0.1, 0.15) is 13.2 Å². The maximum atomic E-state index is 14.3. The largest absolute Gasteiger partial charge is 0.486 e. The molecule has 0 spiro atoms. The molecule has 0 saturated heterocycles. The van der Waals surface area contributed by atoms with Crippen LogP contribution in [0.25, 0.3) is 10.9 Å². The second-order valence-corrected chi connectivity index (χ2v) is 7.97. The number of anilines is 1. The smallest absolute Gasteiger partial charge is 0.238 e. The van der Waals surface area contributed by atoms with Gasteiger partial charge in [-0.15, -0.1) is 0 Å². The van der Waals surface area contributed by atoms with E-state index in [1.54, 1.807) is 18.2 Å². The molecule has 2 aliphatic rings. The highest BCUT2D eigenvalue weighted by molar-refractivity contribution is 6.31. The normalized spacial score (nSPS) is 15.5. The van der Waals surface area contributed by atoms with Crippen molar-refractivity contribution in [2.24, 2.45) is 0 Å². The molecule has 0 radical (unpaired) electrons. The van der Waals surface area contributed by atoms with Crippen LogP contribution in [0, 0.1) is 5.82 Å². The first kappa shape index (κ1) is 19.8. The van der Waals surface area contributed by atoms with Crippen molar-refractivity contribution in [3.63, 3.8) is 0 Å². The topological polar surface area (TPSA) is 83.7 Å². The van der Waals surface area contributed by atoms with Crippen molar-refractivity contribution < 1.29 is 18.7 Å². The summed E-state index contributed by atoms with van der Waals surface area (Å²) in [6.45, 7) is 1.96. The molecule has 2 aromatic carbocycles. The summed E-state index contributed by atoms with van der Waals surface area (Å²) in [5, 5.41) is 3.08. The second-order valence-electron chi connectivity index (χ2n) is 7.56. The summed E-state index contributed by atoms with van der Waals surface area (Å²) in [4.78, 5) is 30.4. The molecule has 3 aromatic rings. The van der Waals surface area contributed by atoms with Gasteiger partial charge >= 0.3 is 0 Å². The molecule has 7 nitrogen and oxygen atoms in total. The predicted octanol–water partition coefficient (Wildman–Crippen LogP) is 3.09. The second kappa shape index (κ2) is 7.86. The van der Waals surface area contributed by atoms with E-state index in [-0.39, 0.29) is 33.8 Å². The Kier molecular flexibility index (Phi) is 5.03. The fourth-order valence-electron chi connectivity index (χ4n) is 4.00. The van der Waals surface area contributed by atoms with Crippen molar-refractivity contribution in [2.45, 2.75) is 13.0 Å². The lowest BCUT2D eigenvalue weighted by Gasteiger charge is -2.28. The number of rotatable bonds is 3. The van der Waals surface area contributed by atoms with E-state index in [1.807, 2.05) is 4.90 Å². The number of fused-ring (bicyclic) bond motifs is 3. The Morgan fingerprint density at radius 1 is 1.19 bits per heavy atom. The number of ether oxygens (including phenoxy) is 2. The van der Waals surface area contributed by atoms with Crippen LogP contribution in [0.2, 0.25) is 5.02 Å². The number of carbonyl (C=O) groups excluding carboxylic acids is 1. The first-order valence-corrected chi connectivity index (χ1v) is 10.3. The standard InChI is InChI=1S/C22H19ClFN3O4/c23-15-3-2-13-21(20(15)24)26-16-5-6-27(10-14(16)22(13)29)11-19(28)25-12-1-4-17-18(9-12)31-8-7-30-17/h1-4,9H,5-8,10-11H2,(H,25,28)(H,26,29). The van der Waals surface area contributed by atoms with Crippen LogP contribution in [0.15, 0.2) is 35.1 Å². The highest BCUT2D eigenvalue weighted by Gasteiger charge is 2.24. The third-order valence-corrected chi connectivity index (χ3v) is 5.80. The van der Waals surface area contributed by atoms with Crippen LogP contribution in [-0.2, 0) is 17.8 Å². The zero-order valence-electron chi connectivity index (χ0n) is 16.5. The van der Waals surface area contributed by atoms with Crippen LogP contribution >= 0.6 is 11.6 Å². The van der Waals surface area contributed by atoms with Crippen LogP contribution in [0.1, 0.15) is 11.3 Å². The molecule has 1 aromatic heterocycles. The molecule has 160 valence electrons. The van der Waals surface area contributed by atoms with Gasteiger partial charge < -0.3 is 19.8 Å². The zero-order valence-corrected chi connectivity index (χ0v) is 17.2. The number of nitrogens with zero attached hydrogens (tertiary/aromatic N) is 1. The number of hydrogen-bond acceptors (Lipinski definition) is 5. The minimum absolute atomic E-state index is 0.0312. The van der Waals surface area contributed by atoms with E-state index in [4.69, 9.17) is 21.1 Å². The first-order valence-electron chi connectivity index (χ1n) is 9.93. The molecular formula is C22H19ClFN3O4. The number of carbonyl (C=O) groups is 1. The molecule has 31 heavy (non-hydrogen) atoms. The Morgan fingerprint density at radius 3 is 2.84 bits per heavy atom. The molecule has 0 fully saturated rings. The quantitative estimate of drug-likeness (QED) is 0.650. The average molecular weight is 444 g/mol. The molecule has 0 aliphatic carbocycles. The fourth-order valence-corrected chi connectivity index (χ4v) is 4.16. The van der Waals surface area contributed by atoms with Crippen LogP contribution in [0.5, 0.6) is 11.5 Å². The van der Waals surface area contributed by atoms with Crippen molar-refractivity contribution in [1.82, 2.24) is 9.88 Å². The van der Waals surface area contributed by atoms with E-state index in [0.717, 1.165) is 0 Å². The number of halogens is 2. The molecule has 1 amide bonds. The molecule has 9 heteroatoms. The van der Waals surface area contributed by atoms with Crippen LogP contribution in [-0.4, -0.2) is 42.1 Å². The summed E-state index contributed by atoms with van der Waals surface area (Å²) in [5.41, 5.74) is 1.73. The molecule has 0 atom stereocenters. The summed E-state index contributed by atoms with van der Waals surface area (Å²) < 4.78 is 25.4. The highest BCUT2D eigenvalue weighted by atomic mass is 35.5. The van der Waals surface area contributed by atoms with Crippen LogP contribution < -0.4 is 20.2 Å². The monoisotopic (exact) mass is 443 g/mol. The van der Waals surface area contributed by atoms with Crippen LogP contribution in [0.3, 0.4) is 0 Å². The molecule has 5 rings (SSSR count). The molecule has 3 heterocycles. The van der Waals surface area contributed by atoms with E-state index in [1.165, 1.54) is 12.1 Å². The number of nitrogens with one attached hydrogen (secondary N) is 2. The zero-order chi connectivity index (χ0) is 21.5. The third kappa shape index (κ3) is 3.73. The Bertz CT molecular complexity index is 1260. The van der Waals surface area contributed by atoms with E-state index < -0.39 is 5.82 Å². The summed E-state index contributed by atoms with van der Waals surface area (Å²) in [6, 6.07) is 8.15. The molecule has 2 N–H and O–H groups in total. The number of hydrogen-bond donors (Lipinski definition) is 2. The van der Waals surface area contributed by atoms with Crippen molar-refractivity contribution in [1.29, 1.82) is 0 Å². The Labute approximate surface area is 181 Å². The predicted molar refractivity (Wildman–Crippen MR) is 115 cm³/mol. The van der Waals surface area contributed by atoms with Gasteiger partial charge in [0.05, 0.1) is 17.1 Å². The SMILES string of the molecule is O=C(CN1CCc2[nH]c3c(F)c(Cl)ccc3c(=O)c2C1)Nc1ccc2c(c1)OCCO2. The van der Waals surface area contributed by atoms with E-state index in [9.17, 15) is 14.0 Å². The lowest BCUT2D eigenvalue weighted by Crippen LogP contribution is -2.39. The van der Waals surface area contributed by atoms with Crippen LogP contribution in [0.4, 0.5) is 10.1 Å². The highest BCUT2D eigenvalue weighted by Crippen LogP contribution is 2.32. The molecule has 0 bridgehead atoms. The molecule has 2 aliphatic heterocycles. The van der Waals surface area contributed by atoms with Gasteiger partial charge in [0.2, 0.25) is 5.91 Å². The number of aromatic amines is 1. The maximum absolute atomic E-state index is 14.3. The summed E-state index contributed by atoms with van der Waals surface area (Å²) in [7, 11) is 0.